The molecular weight excluding hydrogens is 276 g/mol. The summed E-state index contributed by atoms with van der Waals surface area (Å²) >= 11 is 1.38. The molecule has 1 rings (SSSR count). The number of nitrogens with one attached hydrogen (secondary N) is 2. The Bertz CT molecular complexity index is 408. The smallest absolute Gasteiger partial charge is 0.233 e. The van der Waals surface area contributed by atoms with Crippen molar-refractivity contribution in [3.63, 3.8) is 0 Å². The minimum Gasteiger partial charge on any atom is -0.355 e. The largest absolute Gasteiger partial charge is 0.355 e. The van der Waals surface area contributed by atoms with E-state index < -0.39 is 0 Å². The Labute approximate surface area is 124 Å². The molecule has 0 radical (unpaired) electrons. The molecule has 20 heavy (non-hydrogen) atoms. The standard InChI is InChI=1S/C12H24N6OS/c1-5-6-14-11(19)10(4)20-12-15-16-17-18(12)8-7-13-9(2)3/h9-10,13H,5-8H2,1-4H3,(H,14,19). The van der Waals surface area contributed by atoms with Gasteiger partial charge in [0.2, 0.25) is 11.1 Å². The van der Waals surface area contributed by atoms with Crippen LogP contribution < -0.4 is 10.6 Å². The van der Waals surface area contributed by atoms with Crippen LogP contribution in [0, 0.1) is 0 Å². The Morgan fingerprint density at radius 3 is 2.75 bits per heavy atom. The fraction of sp³-hybridized carbons (Fsp3) is 0.833. The summed E-state index contributed by atoms with van der Waals surface area (Å²) in [5.74, 6) is 0.0201. The minimum absolute atomic E-state index is 0.0201. The van der Waals surface area contributed by atoms with Gasteiger partial charge < -0.3 is 10.6 Å². The number of rotatable bonds is 9. The van der Waals surface area contributed by atoms with Gasteiger partial charge in [-0.1, -0.05) is 32.5 Å². The van der Waals surface area contributed by atoms with Crippen molar-refractivity contribution in [2.45, 2.75) is 57.1 Å². The quantitative estimate of drug-likeness (QED) is 0.652. The molecular formula is C12H24N6OS. The van der Waals surface area contributed by atoms with E-state index in [1.807, 2.05) is 13.8 Å². The summed E-state index contributed by atoms with van der Waals surface area (Å²) in [6.07, 6.45) is 0.932. The number of thioether (sulfide) groups is 1. The van der Waals surface area contributed by atoms with Crippen LogP contribution in [0.4, 0.5) is 0 Å². The monoisotopic (exact) mass is 300 g/mol. The maximum absolute atomic E-state index is 11.8. The van der Waals surface area contributed by atoms with Crippen molar-refractivity contribution in [2.24, 2.45) is 0 Å². The van der Waals surface area contributed by atoms with Gasteiger partial charge in [0.25, 0.3) is 0 Å². The molecule has 1 amide bonds. The number of aromatic nitrogens is 4. The minimum atomic E-state index is -0.204. The second kappa shape index (κ2) is 8.91. The van der Waals surface area contributed by atoms with Crippen LogP contribution in [0.5, 0.6) is 0 Å². The first kappa shape index (κ1) is 16.9. The highest BCUT2D eigenvalue weighted by Gasteiger charge is 2.17. The number of carbonyl (C=O) groups excluding carboxylic acids is 1. The molecule has 8 heteroatoms. The third-order valence-electron chi connectivity index (χ3n) is 2.58. The van der Waals surface area contributed by atoms with Crippen LogP contribution in [0.3, 0.4) is 0 Å². The maximum Gasteiger partial charge on any atom is 0.233 e. The summed E-state index contributed by atoms with van der Waals surface area (Å²) in [5, 5.41) is 18.3. The number of amides is 1. The van der Waals surface area contributed by atoms with E-state index in [4.69, 9.17) is 0 Å². The lowest BCUT2D eigenvalue weighted by Crippen LogP contribution is -2.31. The normalized spacial score (nSPS) is 12.7. The highest BCUT2D eigenvalue weighted by atomic mass is 32.2. The second-order valence-electron chi connectivity index (χ2n) is 4.84. The third-order valence-corrected chi connectivity index (χ3v) is 3.65. The molecule has 0 aliphatic carbocycles. The number of carbonyl (C=O) groups is 1. The first-order chi connectivity index (χ1) is 9.54. The topological polar surface area (TPSA) is 84.7 Å². The van der Waals surface area contributed by atoms with Gasteiger partial charge in [-0.05, 0) is 23.8 Å². The van der Waals surface area contributed by atoms with E-state index in [0.717, 1.165) is 13.0 Å². The summed E-state index contributed by atoms with van der Waals surface area (Å²) in [5.41, 5.74) is 0. The highest BCUT2D eigenvalue weighted by molar-refractivity contribution is 8.00. The van der Waals surface area contributed by atoms with E-state index in [1.165, 1.54) is 11.8 Å². The molecule has 1 aromatic heterocycles. The number of hydrogen-bond donors (Lipinski definition) is 2. The van der Waals surface area contributed by atoms with Crippen molar-refractivity contribution in [1.29, 1.82) is 0 Å². The lowest BCUT2D eigenvalue weighted by Gasteiger charge is -2.12. The predicted molar refractivity (Wildman–Crippen MR) is 79.6 cm³/mol. The van der Waals surface area contributed by atoms with Crippen molar-refractivity contribution in [1.82, 2.24) is 30.8 Å². The molecule has 0 saturated carbocycles. The summed E-state index contributed by atoms with van der Waals surface area (Å²) in [6, 6.07) is 0.432. The van der Waals surface area contributed by atoms with Crippen molar-refractivity contribution >= 4 is 17.7 Å². The van der Waals surface area contributed by atoms with Crippen LogP contribution in [-0.4, -0.2) is 50.5 Å². The average Bonchev–Trinajstić information content (AvgIpc) is 2.83. The Balaban J connectivity index is 2.47. The first-order valence-electron chi connectivity index (χ1n) is 6.98. The number of nitrogens with zero attached hydrogens (tertiary/aromatic N) is 4. The molecule has 7 nitrogen and oxygen atoms in total. The zero-order valence-electron chi connectivity index (χ0n) is 12.6. The molecule has 1 heterocycles. The molecule has 0 aliphatic heterocycles. The molecule has 0 saturated heterocycles. The molecule has 1 aromatic rings. The molecule has 0 aromatic carbocycles. The molecule has 0 fully saturated rings. The van der Waals surface area contributed by atoms with E-state index in [1.54, 1.807) is 4.68 Å². The maximum atomic E-state index is 11.8. The highest BCUT2D eigenvalue weighted by Crippen LogP contribution is 2.19. The van der Waals surface area contributed by atoms with Crippen LogP contribution in [0.1, 0.15) is 34.1 Å². The Morgan fingerprint density at radius 2 is 2.10 bits per heavy atom. The van der Waals surface area contributed by atoms with Gasteiger partial charge in [-0.3, -0.25) is 4.79 Å². The summed E-state index contributed by atoms with van der Waals surface area (Å²) < 4.78 is 1.73. The van der Waals surface area contributed by atoms with E-state index in [-0.39, 0.29) is 11.2 Å². The first-order valence-corrected chi connectivity index (χ1v) is 7.86. The van der Waals surface area contributed by atoms with Gasteiger partial charge >= 0.3 is 0 Å². The van der Waals surface area contributed by atoms with E-state index in [9.17, 15) is 4.79 Å². The van der Waals surface area contributed by atoms with E-state index in [0.29, 0.717) is 24.3 Å². The summed E-state index contributed by atoms with van der Waals surface area (Å²) in [6.45, 7) is 10.3. The zero-order valence-corrected chi connectivity index (χ0v) is 13.4. The van der Waals surface area contributed by atoms with Crippen molar-refractivity contribution in [3.05, 3.63) is 0 Å². The van der Waals surface area contributed by atoms with Crippen LogP contribution in [0.2, 0.25) is 0 Å². The molecule has 1 unspecified atom stereocenters. The Morgan fingerprint density at radius 1 is 1.35 bits per heavy atom. The zero-order chi connectivity index (χ0) is 15.0. The SMILES string of the molecule is CCCNC(=O)C(C)Sc1nnnn1CCNC(C)C. The van der Waals surface area contributed by atoms with Gasteiger partial charge in [0.1, 0.15) is 0 Å². The number of hydrogen-bond acceptors (Lipinski definition) is 6. The number of tetrazole rings is 1. The van der Waals surface area contributed by atoms with E-state index >= 15 is 0 Å². The summed E-state index contributed by atoms with van der Waals surface area (Å²) in [4.78, 5) is 11.8. The average molecular weight is 300 g/mol. The molecule has 2 N–H and O–H groups in total. The Kier molecular flexibility index (Phi) is 7.53. The molecule has 0 aliphatic rings. The van der Waals surface area contributed by atoms with E-state index in [2.05, 4.69) is 40.0 Å². The third kappa shape index (κ3) is 5.87. The van der Waals surface area contributed by atoms with Crippen molar-refractivity contribution in [2.75, 3.05) is 13.1 Å². The Hall–Kier alpha value is -1.15. The van der Waals surface area contributed by atoms with Crippen LogP contribution in [-0.2, 0) is 11.3 Å². The van der Waals surface area contributed by atoms with Crippen LogP contribution >= 0.6 is 11.8 Å². The lowest BCUT2D eigenvalue weighted by molar-refractivity contribution is -0.120. The van der Waals surface area contributed by atoms with Gasteiger partial charge in [-0.2, -0.15) is 0 Å². The van der Waals surface area contributed by atoms with Crippen LogP contribution in [0.15, 0.2) is 5.16 Å². The molecule has 0 spiro atoms. The van der Waals surface area contributed by atoms with Gasteiger partial charge in [0.05, 0.1) is 11.8 Å². The lowest BCUT2D eigenvalue weighted by atomic mass is 10.4. The fourth-order valence-corrected chi connectivity index (χ4v) is 2.32. The summed E-state index contributed by atoms with van der Waals surface area (Å²) in [7, 11) is 0. The molecule has 114 valence electrons. The van der Waals surface area contributed by atoms with Crippen molar-refractivity contribution < 1.29 is 4.79 Å². The van der Waals surface area contributed by atoms with Gasteiger partial charge in [0, 0.05) is 19.1 Å². The molecule has 1 atom stereocenters. The van der Waals surface area contributed by atoms with Gasteiger partial charge in [-0.15, -0.1) is 5.10 Å². The van der Waals surface area contributed by atoms with Crippen LogP contribution in [0.25, 0.3) is 0 Å². The van der Waals surface area contributed by atoms with Crippen molar-refractivity contribution in [3.8, 4) is 0 Å². The predicted octanol–water partition coefficient (Wildman–Crippen LogP) is 0.678. The van der Waals surface area contributed by atoms with Gasteiger partial charge in [0.15, 0.2) is 0 Å². The molecule has 0 bridgehead atoms. The van der Waals surface area contributed by atoms with Gasteiger partial charge in [-0.25, -0.2) is 4.68 Å². The second-order valence-corrected chi connectivity index (χ2v) is 6.15. The fourth-order valence-electron chi connectivity index (χ4n) is 1.48.